The lowest BCUT2D eigenvalue weighted by atomic mass is 10.0. The van der Waals surface area contributed by atoms with E-state index in [-0.39, 0.29) is 31.1 Å². The lowest BCUT2D eigenvalue weighted by molar-refractivity contribution is -0.167. The van der Waals surface area contributed by atoms with Gasteiger partial charge in [-0.25, -0.2) is 0 Å². The molecular formula is C70H132O6. The SMILES string of the molecule is CCCCCC/C=C\C/C=C\CCCCCCCC(=O)OC(COC(=O)CCCCCCCCCC)COC(=O)CCCCCCCCCCCCCCCCCCCCCCCCCCCCCCCCCCCC. The molecule has 0 saturated carbocycles. The summed E-state index contributed by atoms with van der Waals surface area (Å²) in [6, 6.07) is 0. The van der Waals surface area contributed by atoms with Gasteiger partial charge in [-0.1, -0.05) is 340 Å². The normalized spacial score (nSPS) is 12.1. The maximum atomic E-state index is 12.8. The number of carbonyl (C=O) groups excluding carboxylic acids is 3. The van der Waals surface area contributed by atoms with Crippen molar-refractivity contribution in [1.29, 1.82) is 0 Å². The standard InChI is InChI=1S/C70H132O6/c1-4-7-10-13-16-19-21-23-25-27-28-29-30-31-32-33-34-35-36-37-38-39-40-41-42-43-44-46-47-49-51-54-57-60-63-69(72)75-66-67(65-74-68(71)62-59-56-53-18-15-12-9-6-3)76-70(73)64-61-58-55-52-50-48-45-26-24-22-20-17-14-11-8-5-2/h20,22,26,45,67H,4-19,21,23-25,27-44,46-66H2,1-3H3/b22-20-,45-26-. The van der Waals surface area contributed by atoms with Gasteiger partial charge in [0.2, 0.25) is 0 Å². The monoisotopic (exact) mass is 1070 g/mol. The van der Waals surface area contributed by atoms with Crippen molar-refractivity contribution in [3.63, 3.8) is 0 Å². The Hall–Kier alpha value is -2.11. The molecule has 6 heteroatoms. The predicted molar refractivity (Wildman–Crippen MR) is 330 cm³/mol. The summed E-state index contributed by atoms with van der Waals surface area (Å²) in [7, 11) is 0. The Morgan fingerprint density at radius 1 is 0.263 bits per heavy atom. The largest absolute Gasteiger partial charge is 0.462 e. The zero-order valence-electron chi connectivity index (χ0n) is 51.6. The van der Waals surface area contributed by atoms with Crippen LogP contribution in [0.25, 0.3) is 0 Å². The van der Waals surface area contributed by atoms with Crippen LogP contribution in [0.5, 0.6) is 0 Å². The Morgan fingerprint density at radius 3 is 0.737 bits per heavy atom. The molecule has 0 fully saturated rings. The summed E-state index contributed by atoms with van der Waals surface area (Å²) in [6.45, 7) is 6.64. The third kappa shape index (κ3) is 62.7. The molecule has 0 N–H and O–H groups in total. The van der Waals surface area contributed by atoms with Crippen LogP contribution in [0.4, 0.5) is 0 Å². The van der Waals surface area contributed by atoms with E-state index in [1.165, 1.54) is 270 Å². The fourth-order valence-electron chi connectivity index (χ4n) is 10.5. The van der Waals surface area contributed by atoms with E-state index in [1.54, 1.807) is 0 Å². The van der Waals surface area contributed by atoms with Crippen molar-refractivity contribution in [2.45, 2.75) is 393 Å². The van der Waals surface area contributed by atoms with Crippen LogP contribution in [-0.4, -0.2) is 37.2 Å². The van der Waals surface area contributed by atoms with Crippen molar-refractivity contribution >= 4 is 17.9 Å². The molecule has 448 valence electrons. The lowest BCUT2D eigenvalue weighted by Gasteiger charge is -2.18. The van der Waals surface area contributed by atoms with Crippen molar-refractivity contribution in [1.82, 2.24) is 0 Å². The highest BCUT2D eigenvalue weighted by molar-refractivity contribution is 5.71. The van der Waals surface area contributed by atoms with Crippen molar-refractivity contribution in [3.8, 4) is 0 Å². The molecule has 0 heterocycles. The van der Waals surface area contributed by atoms with Crippen molar-refractivity contribution < 1.29 is 28.6 Å². The first-order valence-corrected chi connectivity index (χ1v) is 34.3. The highest BCUT2D eigenvalue weighted by Crippen LogP contribution is 2.19. The highest BCUT2D eigenvalue weighted by atomic mass is 16.6. The molecule has 0 aliphatic carbocycles. The van der Waals surface area contributed by atoms with Crippen LogP contribution >= 0.6 is 0 Å². The molecule has 0 bridgehead atoms. The Labute approximate surface area is 474 Å². The second-order valence-electron chi connectivity index (χ2n) is 23.5. The zero-order chi connectivity index (χ0) is 55.0. The van der Waals surface area contributed by atoms with Crippen molar-refractivity contribution in [2.24, 2.45) is 0 Å². The minimum absolute atomic E-state index is 0.0719. The Kier molecular flexibility index (Phi) is 63.6. The van der Waals surface area contributed by atoms with Gasteiger partial charge in [0.15, 0.2) is 6.10 Å². The Bertz CT molecular complexity index is 1230. The first-order chi connectivity index (χ1) is 37.5. The Morgan fingerprint density at radius 2 is 0.474 bits per heavy atom. The summed E-state index contributed by atoms with van der Waals surface area (Å²) in [5, 5.41) is 0. The van der Waals surface area contributed by atoms with Gasteiger partial charge < -0.3 is 14.2 Å². The van der Waals surface area contributed by atoms with Gasteiger partial charge in [0.25, 0.3) is 0 Å². The minimum Gasteiger partial charge on any atom is -0.462 e. The lowest BCUT2D eigenvalue weighted by Crippen LogP contribution is -2.30. The molecule has 6 nitrogen and oxygen atoms in total. The van der Waals surface area contributed by atoms with Crippen molar-refractivity contribution in [3.05, 3.63) is 24.3 Å². The molecule has 76 heavy (non-hydrogen) atoms. The maximum Gasteiger partial charge on any atom is 0.306 e. The predicted octanol–water partition coefficient (Wildman–Crippen LogP) is 23.4. The number of hydrogen-bond donors (Lipinski definition) is 0. The number of esters is 3. The van der Waals surface area contributed by atoms with Crippen LogP contribution in [-0.2, 0) is 28.6 Å². The number of unbranched alkanes of at least 4 members (excludes halogenated alkanes) is 49. The fourth-order valence-corrected chi connectivity index (χ4v) is 10.5. The fraction of sp³-hybridized carbons (Fsp3) is 0.900. The second-order valence-corrected chi connectivity index (χ2v) is 23.5. The molecule has 0 aliphatic heterocycles. The molecule has 0 spiro atoms. The van der Waals surface area contributed by atoms with Gasteiger partial charge in [-0.3, -0.25) is 14.4 Å². The summed E-state index contributed by atoms with van der Waals surface area (Å²) in [5.74, 6) is -0.867. The van der Waals surface area contributed by atoms with Gasteiger partial charge >= 0.3 is 17.9 Å². The van der Waals surface area contributed by atoms with E-state index in [9.17, 15) is 14.4 Å². The maximum absolute atomic E-state index is 12.8. The second kappa shape index (κ2) is 65.4. The van der Waals surface area contributed by atoms with E-state index in [1.807, 2.05) is 0 Å². The molecule has 0 aromatic carbocycles. The molecule has 0 saturated heterocycles. The van der Waals surface area contributed by atoms with Crippen LogP contribution in [0.1, 0.15) is 387 Å². The zero-order valence-corrected chi connectivity index (χ0v) is 51.6. The van der Waals surface area contributed by atoms with Crippen LogP contribution in [0.15, 0.2) is 24.3 Å². The van der Waals surface area contributed by atoms with Gasteiger partial charge in [-0.15, -0.1) is 0 Å². The van der Waals surface area contributed by atoms with E-state index in [4.69, 9.17) is 14.2 Å². The summed E-state index contributed by atoms with van der Waals surface area (Å²) in [6.07, 6.45) is 79.6. The van der Waals surface area contributed by atoms with Gasteiger partial charge in [0, 0.05) is 19.3 Å². The molecule has 0 rings (SSSR count). The van der Waals surface area contributed by atoms with Gasteiger partial charge in [0.05, 0.1) is 0 Å². The van der Waals surface area contributed by atoms with E-state index in [0.717, 1.165) is 77.0 Å². The van der Waals surface area contributed by atoms with E-state index in [0.29, 0.717) is 19.3 Å². The van der Waals surface area contributed by atoms with Gasteiger partial charge in [-0.2, -0.15) is 0 Å². The van der Waals surface area contributed by atoms with Gasteiger partial charge in [-0.05, 0) is 51.4 Å². The number of rotatable bonds is 64. The highest BCUT2D eigenvalue weighted by Gasteiger charge is 2.19. The summed E-state index contributed by atoms with van der Waals surface area (Å²) in [4.78, 5) is 38.1. The van der Waals surface area contributed by atoms with Crippen LogP contribution in [0, 0.1) is 0 Å². The smallest absolute Gasteiger partial charge is 0.306 e. The minimum atomic E-state index is -0.773. The molecule has 1 atom stereocenters. The van der Waals surface area contributed by atoms with Crippen LogP contribution in [0.2, 0.25) is 0 Å². The first kappa shape index (κ1) is 73.9. The van der Waals surface area contributed by atoms with E-state index in [2.05, 4.69) is 45.1 Å². The average Bonchev–Trinajstić information content (AvgIpc) is 3.42. The molecule has 1 unspecified atom stereocenters. The number of carbonyl (C=O) groups is 3. The third-order valence-electron chi connectivity index (χ3n) is 15.7. The third-order valence-corrected chi connectivity index (χ3v) is 15.7. The number of allylic oxidation sites excluding steroid dienone is 4. The number of ether oxygens (including phenoxy) is 3. The topological polar surface area (TPSA) is 78.9 Å². The Balaban J connectivity index is 3.95. The van der Waals surface area contributed by atoms with Crippen molar-refractivity contribution in [2.75, 3.05) is 13.2 Å². The molecule has 0 radical (unpaired) electrons. The molecular weight excluding hydrogens is 937 g/mol. The molecule has 0 aromatic heterocycles. The van der Waals surface area contributed by atoms with Crippen LogP contribution in [0.3, 0.4) is 0 Å². The summed E-state index contributed by atoms with van der Waals surface area (Å²) < 4.78 is 16.9. The molecule has 0 aliphatic rings. The summed E-state index contributed by atoms with van der Waals surface area (Å²) in [5.41, 5.74) is 0. The molecule has 0 amide bonds. The number of hydrogen-bond acceptors (Lipinski definition) is 6. The van der Waals surface area contributed by atoms with Gasteiger partial charge in [0.1, 0.15) is 13.2 Å². The van der Waals surface area contributed by atoms with E-state index >= 15 is 0 Å². The summed E-state index contributed by atoms with van der Waals surface area (Å²) >= 11 is 0. The van der Waals surface area contributed by atoms with Crippen LogP contribution < -0.4 is 0 Å². The first-order valence-electron chi connectivity index (χ1n) is 34.3. The average molecular weight is 1070 g/mol. The molecule has 0 aromatic rings. The quantitative estimate of drug-likeness (QED) is 0.0261. The van der Waals surface area contributed by atoms with E-state index < -0.39 is 6.10 Å².